The molecule has 0 saturated heterocycles. The molecule has 96 valence electrons. The van der Waals surface area contributed by atoms with Crippen LogP contribution < -0.4 is 5.73 Å². The van der Waals surface area contributed by atoms with Crippen LogP contribution in [0.3, 0.4) is 0 Å². The number of aromatic nitrogens is 3. The van der Waals surface area contributed by atoms with Gasteiger partial charge < -0.3 is 15.4 Å². The zero-order valence-electron chi connectivity index (χ0n) is 9.67. The summed E-state index contributed by atoms with van der Waals surface area (Å²) in [7, 11) is 0. The van der Waals surface area contributed by atoms with Gasteiger partial charge in [-0.2, -0.15) is 0 Å². The Morgan fingerprint density at radius 1 is 1.42 bits per heavy atom. The Bertz CT molecular complexity index is 812. The molecule has 0 spiro atoms. The van der Waals surface area contributed by atoms with Gasteiger partial charge in [-0.15, -0.1) is 0 Å². The number of rotatable bonds is 2. The summed E-state index contributed by atoms with van der Waals surface area (Å²) in [6.45, 7) is -0.181. The quantitative estimate of drug-likeness (QED) is 0.753. The van der Waals surface area contributed by atoms with Gasteiger partial charge in [0.15, 0.2) is 0 Å². The number of benzene rings is 1. The van der Waals surface area contributed by atoms with Crippen molar-refractivity contribution in [1.82, 2.24) is 14.5 Å². The molecule has 0 aliphatic heterocycles. The van der Waals surface area contributed by atoms with Gasteiger partial charge in [0.05, 0.1) is 10.9 Å². The average Bonchev–Trinajstić information content (AvgIpc) is 2.66. The number of para-hydroxylation sites is 1. The van der Waals surface area contributed by atoms with Crippen LogP contribution >= 0.6 is 15.9 Å². The topological polar surface area (TPSA) is 94.0 Å². The first-order chi connectivity index (χ1) is 9.09. The van der Waals surface area contributed by atoms with Crippen molar-refractivity contribution in [2.24, 2.45) is 0 Å². The summed E-state index contributed by atoms with van der Waals surface area (Å²) in [6.07, 6.45) is 1.34. The Labute approximate surface area is 116 Å². The van der Waals surface area contributed by atoms with E-state index in [1.54, 1.807) is 4.57 Å². The van der Waals surface area contributed by atoms with E-state index in [-0.39, 0.29) is 6.54 Å². The molecule has 19 heavy (non-hydrogen) atoms. The van der Waals surface area contributed by atoms with Crippen LogP contribution in [0.2, 0.25) is 0 Å². The Kier molecular flexibility index (Phi) is 2.63. The van der Waals surface area contributed by atoms with Gasteiger partial charge in [-0.1, -0.05) is 12.1 Å². The summed E-state index contributed by atoms with van der Waals surface area (Å²) in [6, 6.07) is 5.59. The van der Waals surface area contributed by atoms with Gasteiger partial charge in [0.25, 0.3) is 0 Å². The first-order valence-electron chi connectivity index (χ1n) is 5.48. The molecule has 0 unspecified atom stereocenters. The third kappa shape index (κ3) is 1.74. The van der Waals surface area contributed by atoms with Crippen molar-refractivity contribution in [3.05, 3.63) is 29.0 Å². The number of nitrogens with zero attached hydrogens (tertiary/aromatic N) is 3. The van der Waals surface area contributed by atoms with Crippen molar-refractivity contribution in [1.29, 1.82) is 0 Å². The van der Waals surface area contributed by atoms with Crippen molar-refractivity contribution in [2.75, 3.05) is 5.73 Å². The minimum atomic E-state index is -0.938. The molecule has 2 heterocycles. The zero-order valence-corrected chi connectivity index (χ0v) is 11.3. The molecule has 3 aromatic rings. The Morgan fingerprint density at radius 2 is 2.21 bits per heavy atom. The second kappa shape index (κ2) is 4.20. The van der Waals surface area contributed by atoms with Crippen LogP contribution in [-0.4, -0.2) is 25.6 Å². The van der Waals surface area contributed by atoms with E-state index < -0.39 is 5.97 Å². The normalized spacial score (nSPS) is 11.2. The van der Waals surface area contributed by atoms with E-state index in [0.717, 1.165) is 15.4 Å². The lowest BCUT2D eigenvalue weighted by atomic mass is 10.2. The minimum Gasteiger partial charge on any atom is -0.480 e. The molecule has 6 nitrogen and oxygen atoms in total. The molecule has 2 aromatic heterocycles. The van der Waals surface area contributed by atoms with Crippen LogP contribution in [0.4, 0.5) is 5.82 Å². The lowest BCUT2D eigenvalue weighted by molar-refractivity contribution is -0.137. The number of hydrogen-bond donors (Lipinski definition) is 2. The van der Waals surface area contributed by atoms with Crippen LogP contribution in [-0.2, 0) is 11.3 Å². The fourth-order valence-corrected chi connectivity index (χ4v) is 2.82. The first kappa shape index (κ1) is 11.9. The summed E-state index contributed by atoms with van der Waals surface area (Å²) in [5, 5.41) is 10.6. The van der Waals surface area contributed by atoms with Crippen molar-refractivity contribution in [3.63, 3.8) is 0 Å². The summed E-state index contributed by atoms with van der Waals surface area (Å²) < 4.78 is 2.42. The first-order valence-corrected chi connectivity index (χ1v) is 6.27. The van der Waals surface area contributed by atoms with Crippen molar-refractivity contribution >= 4 is 49.7 Å². The number of carboxylic acid groups (broad SMARTS) is 1. The van der Waals surface area contributed by atoms with E-state index in [1.165, 1.54) is 6.33 Å². The fraction of sp³-hybridized carbons (Fsp3) is 0.0833. The molecule has 1 aromatic carbocycles. The smallest absolute Gasteiger partial charge is 0.323 e. The lowest BCUT2D eigenvalue weighted by Crippen LogP contribution is -2.09. The van der Waals surface area contributed by atoms with E-state index in [1.807, 2.05) is 18.2 Å². The summed E-state index contributed by atoms with van der Waals surface area (Å²) in [4.78, 5) is 19.2. The van der Waals surface area contributed by atoms with Gasteiger partial charge in [-0.3, -0.25) is 4.79 Å². The highest BCUT2D eigenvalue weighted by atomic mass is 79.9. The number of halogens is 1. The van der Waals surface area contributed by atoms with Gasteiger partial charge in [-0.25, -0.2) is 9.97 Å². The van der Waals surface area contributed by atoms with E-state index >= 15 is 0 Å². The molecular weight excluding hydrogens is 312 g/mol. The van der Waals surface area contributed by atoms with Crippen LogP contribution in [0.15, 0.2) is 29.0 Å². The van der Waals surface area contributed by atoms with E-state index in [4.69, 9.17) is 10.8 Å². The predicted molar refractivity (Wildman–Crippen MR) is 74.8 cm³/mol. The number of nitrogens with two attached hydrogens (primary N) is 1. The molecule has 0 radical (unpaired) electrons. The standard InChI is InChI=1S/C12H9BrN4O2/c13-7-3-1-2-6-9-11(14)15-5-16-12(9)17(10(6)7)4-8(18)19/h1-3,5H,4H2,(H,18,19)(H2,14,15,16). The number of nitrogen functional groups attached to an aromatic ring is 1. The third-order valence-corrected chi connectivity index (χ3v) is 3.57. The van der Waals surface area contributed by atoms with E-state index in [0.29, 0.717) is 16.9 Å². The van der Waals surface area contributed by atoms with Crippen LogP contribution in [0.5, 0.6) is 0 Å². The molecule has 3 N–H and O–H groups in total. The van der Waals surface area contributed by atoms with Gasteiger partial charge in [-0.05, 0) is 22.0 Å². The van der Waals surface area contributed by atoms with Gasteiger partial charge >= 0.3 is 5.97 Å². The van der Waals surface area contributed by atoms with Gasteiger partial charge in [0.1, 0.15) is 24.3 Å². The second-order valence-electron chi connectivity index (χ2n) is 4.07. The van der Waals surface area contributed by atoms with E-state index in [9.17, 15) is 4.79 Å². The third-order valence-electron chi connectivity index (χ3n) is 2.93. The van der Waals surface area contributed by atoms with Crippen LogP contribution in [0.25, 0.3) is 21.9 Å². The highest BCUT2D eigenvalue weighted by Gasteiger charge is 2.17. The maximum Gasteiger partial charge on any atom is 0.323 e. The second-order valence-corrected chi connectivity index (χ2v) is 4.93. The summed E-state index contributed by atoms with van der Waals surface area (Å²) in [5.74, 6) is -0.594. The van der Waals surface area contributed by atoms with Gasteiger partial charge in [0, 0.05) is 9.86 Å². The summed E-state index contributed by atoms with van der Waals surface area (Å²) >= 11 is 3.44. The zero-order chi connectivity index (χ0) is 13.6. The number of aliphatic carboxylic acids is 1. The molecule has 3 rings (SSSR count). The average molecular weight is 321 g/mol. The van der Waals surface area contributed by atoms with Crippen molar-refractivity contribution < 1.29 is 9.90 Å². The number of hydrogen-bond acceptors (Lipinski definition) is 4. The Morgan fingerprint density at radius 3 is 2.95 bits per heavy atom. The Hall–Kier alpha value is -2.15. The molecule has 0 saturated carbocycles. The molecule has 0 aliphatic rings. The van der Waals surface area contributed by atoms with E-state index in [2.05, 4.69) is 25.9 Å². The number of anilines is 1. The maximum absolute atomic E-state index is 11.0. The highest BCUT2D eigenvalue weighted by molar-refractivity contribution is 9.10. The fourth-order valence-electron chi connectivity index (χ4n) is 2.24. The predicted octanol–water partition coefficient (Wildman–Crippen LogP) is 2.01. The van der Waals surface area contributed by atoms with Gasteiger partial charge in [0.2, 0.25) is 0 Å². The monoisotopic (exact) mass is 320 g/mol. The molecule has 0 bridgehead atoms. The molecular formula is C12H9BrN4O2. The van der Waals surface area contributed by atoms with Crippen LogP contribution in [0.1, 0.15) is 0 Å². The Balaban J connectivity index is 2.55. The molecule has 0 amide bonds. The van der Waals surface area contributed by atoms with Crippen LogP contribution in [0, 0.1) is 0 Å². The van der Waals surface area contributed by atoms with Crippen molar-refractivity contribution in [2.45, 2.75) is 6.54 Å². The minimum absolute atomic E-state index is 0.181. The van der Waals surface area contributed by atoms with Crippen molar-refractivity contribution in [3.8, 4) is 0 Å². The number of carbonyl (C=O) groups is 1. The summed E-state index contributed by atoms with van der Waals surface area (Å²) in [5.41, 5.74) is 7.17. The molecule has 0 fully saturated rings. The maximum atomic E-state index is 11.0. The number of fused-ring (bicyclic) bond motifs is 3. The molecule has 0 atom stereocenters. The lowest BCUT2D eigenvalue weighted by Gasteiger charge is -2.03. The molecule has 0 aliphatic carbocycles. The number of carboxylic acids is 1. The molecule has 7 heteroatoms. The highest BCUT2D eigenvalue weighted by Crippen LogP contribution is 2.34. The largest absolute Gasteiger partial charge is 0.480 e. The SMILES string of the molecule is Nc1ncnc2c1c1cccc(Br)c1n2CC(=O)O.